The van der Waals surface area contributed by atoms with Crippen molar-refractivity contribution in [2.75, 3.05) is 39.8 Å². The zero-order valence-corrected chi connectivity index (χ0v) is 14.8. The third-order valence-corrected chi connectivity index (χ3v) is 4.49. The van der Waals surface area contributed by atoms with Crippen LogP contribution in [0.15, 0.2) is 24.3 Å². The second-order valence-electron chi connectivity index (χ2n) is 6.35. The fraction of sp³-hybridized carbons (Fsp3) is 0.556. The van der Waals surface area contributed by atoms with Gasteiger partial charge >= 0.3 is 0 Å². The SMILES string of the molecule is COc1ccc(CN2CCC(CNC(=O)CNC(=O)CN)CC2)cc1. The van der Waals surface area contributed by atoms with Gasteiger partial charge in [0.25, 0.3) is 0 Å². The van der Waals surface area contributed by atoms with Crippen LogP contribution in [0, 0.1) is 5.92 Å². The summed E-state index contributed by atoms with van der Waals surface area (Å²) in [4.78, 5) is 25.1. The molecule has 0 unspecified atom stereocenters. The Morgan fingerprint density at radius 2 is 1.84 bits per heavy atom. The lowest BCUT2D eigenvalue weighted by Gasteiger charge is -2.32. The number of carbonyl (C=O) groups excluding carboxylic acids is 2. The lowest BCUT2D eigenvalue weighted by Crippen LogP contribution is -2.42. The predicted octanol–water partition coefficient (Wildman–Crippen LogP) is 0.0983. The Labute approximate surface area is 148 Å². The average molecular weight is 348 g/mol. The summed E-state index contributed by atoms with van der Waals surface area (Å²) < 4.78 is 5.18. The highest BCUT2D eigenvalue weighted by Gasteiger charge is 2.19. The van der Waals surface area contributed by atoms with Crippen molar-refractivity contribution in [1.29, 1.82) is 0 Å². The summed E-state index contributed by atoms with van der Waals surface area (Å²) in [6.07, 6.45) is 2.12. The number of nitrogens with zero attached hydrogens (tertiary/aromatic N) is 1. The Kier molecular flexibility index (Phi) is 7.69. The highest BCUT2D eigenvalue weighted by atomic mass is 16.5. The summed E-state index contributed by atoms with van der Waals surface area (Å²) in [6.45, 7) is 3.54. The molecule has 0 saturated carbocycles. The summed E-state index contributed by atoms with van der Waals surface area (Å²) in [6, 6.07) is 8.17. The standard InChI is InChI=1S/C18H28N4O3/c1-25-16-4-2-15(3-5-16)13-22-8-6-14(7-9-22)11-20-18(24)12-21-17(23)10-19/h2-5,14H,6-13,19H2,1H3,(H,20,24)(H,21,23). The van der Waals surface area contributed by atoms with Gasteiger partial charge in [-0.05, 0) is 49.5 Å². The van der Waals surface area contributed by atoms with Crippen LogP contribution < -0.4 is 21.1 Å². The van der Waals surface area contributed by atoms with Gasteiger partial charge in [-0.2, -0.15) is 0 Å². The fourth-order valence-corrected chi connectivity index (χ4v) is 2.91. The van der Waals surface area contributed by atoms with Gasteiger partial charge in [-0.15, -0.1) is 0 Å². The Balaban J connectivity index is 1.63. The maximum atomic E-state index is 11.7. The highest BCUT2D eigenvalue weighted by Crippen LogP contribution is 2.19. The minimum atomic E-state index is -0.318. The number of methoxy groups -OCH3 is 1. The van der Waals surface area contributed by atoms with Crippen LogP contribution in [0.1, 0.15) is 18.4 Å². The normalized spacial score (nSPS) is 15.6. The molecule has 138 valence electrons. The number of amides is 2. The number of nitrogens with two attached hydrogens (primary N) is 1. The van der Waals surface area contributed by atoms with E-state index in [1.165, 1.54) is 5.56 Å². The number of likely N-dealkylation sites (tertiary alicyclic amines) is 1. The Morgan fingerprint density at radius 1 is 1.16 bits per heavy atom. The van der Waals surface area contributed by atoms with Gasteiger partial charge in [0.2, 0.25) is 11.8 Å². The molecule has 4 N–H and O–H groups in total. The molecule has 1 heterocycles. The quantitative estimate of drug-likeness (QED) is 0.619. The molecule has 2 amide bonds. The summed E-state index contributed by atoms with van der Waals surface area (Å²) in [5.41, 5.74) is 6.46. The molecule has 0 aliphatic carbocycles. The van der Waals surface area contributed by atoms with Gasteiger partial charge in [-0.1, -0.05) is 12.1 Å². The van der Waals surface area contributed by atoms with E-state index >= 15 is 0 Å². The number of benzene rings is 1. The molecule has 1 fully saturated rings. The van der Waals surface area contributed by atoms with Gasteiger partial charge in [0.1, 0.15) is 5.75 Å². The maximum absolute atomic E-state index is 11.7. The van der Waals surface area contributed by atoms with E-state index in [0.29, 0.717) is 12.5 Å². The van der Waals surface area contributed by atoms with Crippen LogP contribution in [-0.4, -0.2) is 56.5 Å². The van der Waals surface area contributed by atoms with E-state index in [2.05, 4.69) is 27.7 Å². The van der Waals surface area contributed by atoms with Crippen LogP contribution >= 0.6 is 0 Å². The number of carbonyl (C=O) groups is 2. The van der Waals surface area contributed by atoms with Crippen LogP contribution in [0.25, 0.3) is 0 Å². The molecule has 0 radical (unpaired) electrons. The number of hydrogen-bond donors (Lipinski definition) is 3. The third kappa shape index (κ3) is 6.72. The van der Waals surface area contributed by atoms with Crippen LogP contribution in [0.2, 0.25) is 0 Å². The molecule has 0 spiro atoms. The van der Waals surface area contributed by atoms with Crippen molar-refractivity contribution in [3.8, 4) is 5.75 Å². The van der Waals surface area contributed by atoms with E-state index in [1.807, 2.05) is 12.1 Å². The van der Waals surface area contributed by atoms with Crippen molar-refractivity contribution in [2.24, 2.45) is 11.7 Å². The van der Waals surface area contributed by atoms with E-state index in [4.69, 9.17) is 10.5 Å². The molecule has 0 atom stereocenters. The first-order valence-electron chi connectivity index (χ1n) is 8.69. The molecule has 1 aromatic rings. The smallest absolute Gasteiger partial charge is 0.239 e. The van der Waals surface area contributed by atoms with Crippen molar-refractivity contribution in [1.82, 2.24) is 15.5 Å². The molecule has 0 aromatic heterocycles. The fourth-order valence-electron chi connectivity index (χ4n) is 2.91. The molecule has 1 saturated heterocycles. The molecule has 1 aliphatic rings. The number of rotatable bonds is 8. The first-order chi connectivity index (χ1) is 12.1. The number of hydrogen-bond acceptors (Lipinski definition) is 5. The molecule has 7 nitrogen and oxygen atoms in total. The predicted molar refractivity (Wildman–Crippen MR) is 96.1 cm³/mol. The van der Waals surface area contributed by atoms with Gasteiger partial charge in [-0.3, -0.25) is 14.5 Å². The van der Waals surface area contributed by atoms with Gasteiger partial charge in [0.05, 0.1) is 20.2 Å². The molecule has 25 heavy (non-hydrogen) atoms. The number of piperidine rings is 1. The summed E-state index contributed by atoms with van der Waals surface area (Å²) >= 11 is 0. The summed E-state index contributed by atoms with van der Waals surface area (Å²) in [7, 11) is 1.67. The topological polar surface area (TPSA) is 96.7 Å². The molecule has 1 aliphatic heterocycles. The second kappa shape index (κ2) is 10.0. The van der Waals surface area contributed by atoms with E-state index in [1.54, 1.807) is 7.11 Å². The molecule has 2 rings (SSSR count). The minimum Gasteiger partial charge on any atom is -0.497 e. The van der Waals surface area contributed by atoms with E-state index in [-0.39, 0.29) is 24.9 Å². The minimum absolute atomic E-state index is 0.00759. The Hall–Kier alpha value is -2.12. The van der Waals surface area contributed by atoms with Gasteiger partial charge in [0, 0.05) is 13.1 Å². The second-order valence-corrected chi connectivity index (χ2v) is 6.35. The third-order valence-electron chi connectivity index (χ3n) is 4.49. The Bertz CT molecular complexity index is 554. The van der Waals surface area contributed by atoms with Crippen LogP contribution in [-0.2, 0) is 16.1 Å². The van der Waals surface area contributed by atoms with Crippen LogP contribution in [0.5, 0.6) is 5.75 Å². The monoisotopic (exact) mass is 348 g/mol. The maximum Gasteiger partial charge on any atom is 0.239 e. The van der Waals surface area contributed by atoms with Crippen molar-refractivity contribution in [2.45, 2.75) is 19.4 Å². The first kappa shape index (κ1) is 19.2. The molecule has 1 aromatic carbocycles. The zero-order valence-electron chi connectivity index (χ0n) is 14.8. The number of nitrogens with one attached hydrogen (secondary N) is 2. The van der Waals surface area contributed by atoms with Gasteiger partial charge in [0.15, 0.2) is 0 Å². The summed E-state index contributed by atoms with van der Waals surface area (Å²) in [5, 5.41) is 5.35. The van der Waals surface area contributed by atoms with Crippen LogP contribution in [0.4, 0.5) is 0 Å². The molecular formula is C18H28N4O3. The van der Waals surface area contributed by atoms with Crippen molar-refractivity contribution < 1.29 is 14.3 Å². The molecule has 0 bridgehead atoms. The summed E-state index contributed by atoms with van der Waals surface area (Å²) in [5.74, 6) is 0.881. The van der Waals surface area contributed by atoms with E-state index < -0.39 is 0 Å². The van der Waals surface area contributed by atoms with Gasteiger partial charge < -0.3 is 21.1 Å². The van der Waals surface area contributed by atoms with E-state index in [0.717, 1.165) is 38.2 Å². The van der Waals surface area contributed by atoms with E-state index in [9.17, 15) is 9.59 Å². The largest absolute Gasteiger partial charge is 0.497 e. The van der Waals surface area contributed by atoms with Crippen molar-refractivity contribution in [3.63, 3.8) is 0 Å². The van der Waals surface area contributed by atoms with Gasteiger partial charge in [-0.25, -0.2) is 0 Å². The first-order valence-corrected chi connectivity index (χ1v) is 8.69. The van der Waals surface area contributed by atoms with Crippen molar-refractivity contribution in [3.05, 3.63) is 29.8 Å². The zero-order chi connectivity index (χ0) is 18.1. The lowest BCUT2D eigenvalue weighted by atomic mass is 9.96. The molecule has 7 heteroatoms. The Morgan fingerprint density at radius 3 is 2.44 bits per heavy atom. The van der Waals surface area contributed by atoms with Crippen LogP contribution in [0.3, 0.4) is 0 Å². The number of ether oxygens (including phenoxy) is 1. The highest BCUT2D eigenvalue weighted by molar-refractivity contribution is 5.85. The average Bonchev–Trinajstić information content (AvgIpc) is 2.66. The lowest BCUT2D eigenvalue weighted by molar-refractivity contribution is -0.125. The van der Waals surface area contributed by atoms with Crippen molar-refractivity contribution >= 4 is 11.8 Å². The molecular weight excluding hydrogens is 320 g/mol.